The lowest BCUT2D eigenvalue weighted by molar-refractivity contribution is 0.594. The van der Waals surface area contributed by atoms with Gasteiger partial charge in [-0.3, -0.25) is 4.79 Å². The number of rotatable bonds is 0. The van der Waals surface area contributed by atoms with Crippen LogP contribution in [0.25, 0.3) is 10.2 Å². The molecule has 0 bridgehead atoms. The molecule has 0 aliphatic rings. The van der Waals surface area contributed by atoms with Gasteiger partial charge in [-0.1, -0.05) is 26.0 Å². The lowest BCUT2D eigenvalue weighted by Crippen LogP contribution is -2.23. The number of nitrogens with zero attached hydrogens (tertiary/aromatic N) is 3. The predicted octanol–water partition coefficient (Wildman–Crippen LogP) is 1.69. The van der Waals surface area contributed by atoms with Crippen LogP contribution in [0.15, 0.2) is 10.2 Å². The van der Waals surface area contributed by atoms with Gasteiger partial charge in [-0.05, 0) is 16.4 Å². The smallest absolute Gasteiger partial charge is 0.267 e. The molecule has 0 aliphatic heterocycles. The van der Waals surface area contributed by atoms with Gasteiger partial charge >= 0.3 is 0 Å². The maximum Gasteiger partial charge on any atom is 0.278 e. The van der Waals surface area contributed by atoms with E-state index in [9.17, 15) is 4.79 Å². The summed E-state index contributed by atoms with van der Waals surface area (Å²) in [6, 6.07) is 0. The predicted molar refractivity (Wildman–Crippen MR) is 61.4 cm³/mol. The lowest BCUT2D eigenvalue weighted by atomic mass is 9.87. The van der Waals surface area contributed by atoms with Gasteiger partial charge in [0.15, 0.2) is 4.83 Å². The summed E-state index contributed by atoms with van der Waals surface area (Å²) in [5.74, 6) is 0. The second-order valence-corrected chi connectivity index (χ2v) is 5.46. The Morgan fingerprint density at radius 3 is 2.67 bits per heavy atom. The normalized spacial score (nSPS) is 12.3. The SMILES string of the molecule is Cn1nnc2scc(C(C)(C)C)c2c1=O. The minimum absolute atomic E-state index is 0.0343. The first-order chi connectivity index (χ1) is 6.91. The van der Waals surface area contributed by atoms with Crippen molar-refractivity contribution in [1.82, 2.24) is 15.0 Å². The maximum atomic E-state index is 11.9. The van der Waals surface area contributed by atoms with Crippen LogP contribution in [-0.4, -0.2) is 15.0 Å². The third-order valence-electron chi connectivity index (χ3n) is 2.36. The highest BCUT2D eigenvalue weighted by Gasteiger charge is 2.21. The maximum absolute atomic E-state index is 11.9. The van der Waals surface area contributed by atoms with Crippen molar-refractivity contribution < 1.29 is 0 Å². The fourth-order valence-corrected chi connectivity index (χ4v) is 2.59. The molecule has 0 N–H and O–H groups in total. The van der Waals surface area contributed by atoms with Gasteiger partial charge in [0.2, 0.25) is 0 Å². The molecule has 0 fully saturated rings. The van der Waals surface area contributed by atoms with Crippen LogP contribution in [0.3, 0.4) is 0 Å². The molecule has 2 aromatic heterocycles. The van der Waals surface area contributed by atoms with Crippen LogP contribution in [-0.2, 0) is 12.5 Å². The zero-order valence-corrected chi connectivity index (χ0v) is 10.1. The first kappa shape index (κ1) is 10.3. The highest BCUT2D eigenvalue weighted by atomic mass is 32.1. The quantitative estimate of drug-likeness (QED) is 0.682. The number of hydrogen-bond acceptors (Lipinski definition) is 4. The third kappa shape index (κ3) is 1.56. The Hall–Kier alpha value is -1.23. The van der Waals surface area contributed by atoms with Gasteiger partial charge in [0.05, 0.1) is 5.39 Å². The van der Waals surface area contributed by atoms with E-state index in [1.54, 1.807) is 7.05 Å². The molecular weight excluding hydrogens is 210 g/mol. The van der Waals surface area contributed by atoms with Gasteiger partial charge < -0.3 is 0 Å². The molecule has 0 saturated heterocycles. The number of fused-ring (bicyclic) bond motifs is 1. The molecule has 0 amide bonds. The number of aryl methyl sites for hydroxylation is 1. The van der Waals surface area contributed by atoms with E-state index in [1.807, 2.05) is 5.38 Å². The molecule has 2 heterocycles. The molecule has 80 valence electrons. The molecule has 2 rings (SSSR count). The highest BCUT2D eigenvalue weighted by Crippen LogP contribution is 2.31. The van der Waals surface area contributed by atoms with Gasteiger partial charge in [0, 0.05) is 7.05 Å². The standard InChI is InChI=1S/C10H13N3OS/c1-10(2,3)6-5-15-8-7(6)9(14)13(4)12-11-8/h5H,1-4H3. The first-order valence-electron chi connectivity index (χ1n) is 4.73. The van der Waals surface area contributed by atoms with Crippen molar-refractivity contribution in [1.29, 1.82) is 0 Å². The Morgan fingerprint density at radius 2 is 2.07 bits per heavy atom. The summed E-state index contributed by atoms with van der Waals surface area (Å²) in [5, 5.41) is 10.5. The van der Waals surface area contributed by atoms with Crippen LogP contribution >= 0.6 is 11.3 Å². The zero-order valence-electron chi connectivity index (χ0n) is 9.24. The average molecular weight is 223 g/mol. The van der Waals surface area contributed by atoms with Gasteiger partial charge in [0.25, 0.3) is 5.56 Å². The van der Waals surface area contributed by atoms with Gasteiger partial charge in [-0.25, -0.2) is 4.68 Å². The van der Waals surface area contributed by atoms with Crippen LogP contribution < -0.4 is 5.56 Å². The molecule has 0 radical (unpaired) electrons. The van der Waals surface area contributed by atoms with E-state index in [-0.39, 0.29) is 11.0 Å². The van der Waals surface area contributed by atoms with Crippen LogP contribution in [0.5, 0.6) is 0 Å². The van der Waals surface area contributed by atoms with Crippen molar-refractivity contribution in [3.05, 3.63) is 21.3 Å². The van der Waals surface area contributed by atoms with Crippen molar-refractivity contribution in [2.24, 2.45) is 7.05 Å². The van der Waals surface area contributed by atoms with Crippen LogP contribution in [0.1, 0.15) is 26.3 Å². The van der Waals surface area contributed by atoms with Crippen LogP contribution in [0.2, 0.25) is 0 Å². The minimum atomic E-state index is -0.0637. The Labute approximate surface area is 91.5 Å². The molecule has 0 atom stereocenters. The molecule has 2 aromatic rings. The molecule has 15 heavy (non-hydrogen) atoms. The topological polar surface area (TPSA) is 47.8 Å². The van der Waals surface area contributed by atoms with E-state index in [2.05, 4.69) is 31.1 Å². The molecule has 0 saturated carbocycles. The largest absolute Gasteiger partial charge is 0.278 e. The van der Waals surface area contributed by atoms with Crippen molar-refractivity contribution in [2.75, 3.05) is 0 Å². The zero-order chi connectivity index (χ0) is 11.2. The Bertz CT molecular complexity index is 562. The second-order valence-electron chi connectivity index (χ2n) is 4.60. The van der Waals surface area contributed by atoms with E-state index >= 15 is 0 Å². The molecule has 4 nitrogen and oxygen atoms in total. The Morgan fingerprint density at radius 1 is 1.40 bits per heavy atom. The van der Waals surface area contributed by atoms with E-state index < -0.39 is 0 Å². The minimum Gasteiger partial charge on any atom is -0.267 e. The highest BCUT2D eigenvalue weighted by molar-refractivity contribution is 7.16. The summed E-state index contributed by atoms with van der Waals surface area (Å²) in [6.45, 7) is 6.27. The summed E-state index contributed by atoms with van der Waals surface area (Å²) in [7, 11) is 1.62. The lowest BCUT2D eigenvalue weighted by Gasteiger charge is -2.16. The first-order valence-corrected chi connectivity index (χ1v) is 5.61. The van der Waals surface area contributed by atoms with E-state index in [1.165, 1.54) is 16.0 Å². The molecule has 0 aromatic carbocycles. The molecule has 0 spiro atoms. The number of thiophene rings is 1. The van der Waals surface area contributed by atoms with Crippen LogP contribution in [0.4, 0.5) is 0 Å². The summed E-state index contributed by atoms with van der Waals surface area (Å²) in [4.78, 5) is 12.6. The summed E-state index contributed by atoms with van der Waals surface area (Å²) in [6.07, 6.45) is 0. The molecule has 0 unspecified atom stereocenters. The van der Waals surface area contributed by atoms with Gasteiger partial charge in [-0.15, -0.1) is 16.4 Å². The monoisotopic (exact) mass is 223 g/mol. The fourth-order valence-electron chi connectivity index (χ4n) is 1.49. The second kappa shape index (κ2) is 3.13. The molecular formula is C10H13N3OS. The number of aromatic nitrogens is 3. The fraction of sp³-hybridized carbons (Fsp3) is 0.500. The van der Waals surface area contributed by atoms with Crippen molar-refractivity contribution in [3.8, 4) is 0 Å². The summed E-state index contributed by atoms with van der Waals surface area (Å²) < 4.78 is 1.28. The van der Waals surface area contributed by atoms with Gasteiger partial charge in [0.1, 0.15) is 0 Å². The van der Waals surface area contributed by atoms with Crippen molar-refractivity contribution in [3.63, 3.8) is 0 Å². The van der Waals surface area contributed by atoms with Crippen molar-refractivity contribution in [2.45, 2.75) is 26.2 Å². The van der Waals surface area contributed by atoms with E-state index in [0.29, 0.717) is 5.39 Å². The molecule has 5 heteroatoms. The van der Waals surface area contributed by atoms with Crippen LogP contribution in [0, 0.1) is 0 Å². The molecule has 0 aliphatic carbocycles. The van der Waals surface area contributed by atoms with E-state index in [0.717, 1.165) is 10.4 Å². The third-order valence-corrected chi connectivity index (χ3v) is 3.22. The summed E-state index contributed by atoms with van der Waals surface area (Å²) in [5.41, 5.74) is 0.956. The Balaban J connectivity index is 2.90. The average Bonchev–Trinajstić information content (AvgIpc) is 2.54. The number of hydrogen-bond donors (Lipinski definition) is 0. The summed E-state index contributed by atoms with van der Waals surface area (Å²) >= 11 is 1.48. The van der Waals surface area contributed by atoms with Gasteiger partial charge in [-0.2, -0.15) is 0 Å². The van der Waals surface area contributed by atoms with E-state index in [4.69, 9.17) is 0 Å². The van der Waals surface area contributed by atoms with Crippen molar-refractivity contribution >= 4 is 21.6 Å². The Kier molecular flexibility index (Phi) is 2.15.